The molecule has 0 aromatic carbocycles. The van der Waals surface area contributed by atoms with Gasteiger partial charge in [-0.25, -0.2) is 4.98 Å². The number of nitrogens with zero attached hydrogens (tertiary/aromatic N) is 1. The molecule has 1 aromatic rings. The number of hydrogen-bond donors (Lipinski definition) is 2. The number of aliphatic hydroxyl groups excluding tert-OH is 1. The first-order chi connectivity index (χ1) is 9.81. The number of aliphatic hydroxyl groups is 1. The lowest BCUT2D eigenvalue weighted by molar-refractivity contribution is 0.124. The Hall–Kier alpha value is -0.490. The average molecular weight is 296 g/mol. The molecule has 1 atom stereocenters. The topological polar surface area (TPSA) is 54.4 Å². The van der Waals surface area contributed by atoms with Crippen molar-refractivity contribution < 1.29 is 9.84 Å². The van der Waals surface area contributed by atoms with Crippen LogP contribution >= 0.6 is 11.3 Å². The third-order valence-electron chi connectivity index (χ3n) is 4.65. The molecule has 1 aliphatic carbocycles. The summed E-state index contributed by atoms with van der Waals surface area (Å²) in [7, 11) is 0. The van der Waals surface area contributed by atoms with Gasteiger partial charge >= 0.3 is 0 Å². The summed E-state index contributed by atoms with van der Waals surface area (Å²) >= 11 is 1.86. The van der Waals surface area contributed by atoms with Gasteiger partial charge in [-0.3, -0.25) is 0 Å². The Labute approximate surface area is 124 Å². The van der Waals surface area contributed by atoms with Crippen LogP contribution in [0.1, 0.15) is 47.9 Å². The summed E-state index contributed by atoms with van der Waals surface area (Å²) in [6, 6.07) is 0. The maximum atomic E-state index is 9.21. The minimum Gasteiger partial charge on any atom is -0.396 e. The molecule has 112 valence electrons. The summed E-state index contributed by atoms with van der Waals surface area (Å²) < 4.78 is 5.51. The first-order valence-corrected chi connectivity index (χ1v) is 8.47. The molecule has 0 bridgehead atoms. The molecule has 2 heterocycles. The van der Waals surface area contributed by atoms with Crippen molar-refractivity contribution in [2.24, 2.45) is 5.41 Å². The molecule has 1 unspecified atom stereocenters. The summed E-state index contributed by atoms with van der Waals surface area (Å²) in [4.78, 5) is 5.88. The fourth-order valence-corrected chi connectivity index (χ4v) is 4.07. The predicted molar refractivity (Wildman–Crippen MR) is 80.0 cm³/mol. The third-order valence-corrected chi connectivity index (χ3v) is 5.81. The molecule has 4 nitrogen and oxygen atoms in total. The fourth-order valence-electron chi connectivity index (χ4n) is 3.01. The zero-order chi connectivity index (χ0) is 13.8. The first kappa shape index (κ1) is 14.4. The smallest absolute Gasteiger partial charge is 0.0959 e. The van der Waals surface area contributed by atoms with Gasteiger partial charge < -0.3 is 15.2 Å². The molecule has 0 radical (unpaired) electrons. The summed E-state index contributed by atoms with van der Waals surface area (Å²) in [6.45, 7) is 3.66. The number of aromatic nitrogens is 1. The van der Waals surface area contributed by atoms with Crippen LogP contribution in [0.3, 0.4) is 0 Å². The lowest BCUT2D eigenvalue weighted by Gasteiger charge is -2.26. The molecule has 20 heavy (non-hydrogen) atoms. The highest BCUT2D eigenvalue weighted by Crippen LogP contribution is 2.38. The molecular weight excluding hydrogens is 272 g/mol. The van der Waals surface area contributed by atoms with E-state index in [1.165, 1.54) is 29.1 Å². The quantitative estimate of drug-likeness (QED) is 0.810. The van der Waals surface area contributed by atoms with Crippen LogP contribution in [0.25, 0.3) is 0 Å². The van der Waals surface area contributed by atoms with E-state index in [4.69, 9.17) is 4.74 Å². The second-order valence-electron chi connectivity index (χ2n) is 6.17. The van der Waals surface area contributed by atoms with Crippen molar-refractivity contribution in [3.8, 4) is 0 Å². The van der Waals surface area contributed by atoms with Crippen LogP contribution < -0.4 is 5.32 Å². The molecule has 3 rings (SSSR count). The van der Waals surface area contributed by atoms with E-state index in [0.717, 1.165) is 45.1 Å². The van der Waals surface area contributed by atoms with Gasteiger partial charge in [0.05, 0.1) is 11.6 Å². The summed E-state index contributed by atoms with van der Waals surface area (Å²) in [6.07, 6.45) is 7.90. The van der Waals surface area contributed by atoms with E-state index >= 15 is 0 Å². The second kappa shape index (κ2) is 6.52. The fraction of sp³-hybridized carbons (Fsp3) is 0.800. The van der Waals surface area contributed by atoms with Gasteiger partial charge in [0.2, 0.25) is 0 Å². The predicted octanol–water partition coefficient (Wildman–Crippen LogP) is 2.29. The van der Waals surface area contributed by atoms with Crippen LogP contribution in [0.2, 0.25) is 0 Å². The van der Waals surface area contributed by atoms with Crippen molar-refractivity contribution in [2.75, 3.05) is 26.4 Å². The van der Waals surface area contributed by atoms with Crippen LogP contribution in [-0.2, 0) is 11.3 Å². The standard InChI is InChI=1S/C15H24N2O2S/c18-6-4-15(5-7-19-11-15)10-16-8-13-9-17-14(20-13)12-2-1-3-12/h9,12,16,18H,1-8,10-11H2. The van der Waals surface area contributed by atoms with Crippen LogP contribution in [0, 0.1) is 5.41 Å². The van der Waals surface area contributed by atoms with Gasteiger partial charge in [0, 0.05) is 48.7 Å². The van der Waals surface area contributed by atoms with Gasteiger partial charge in [-0.05, 0) is 25.7 Å². The normalized spacial score (nSPS) is 26.9. The highest BCUT2D eigenvalue weighted by atomic mass is 32.1. The lowest BCUT2D eigenvalue weighted by Crippen LogP contribution is -2.35. The van der Waals surface area contributed by atoms with Crippen molar-refractivity contribution in [1.82, 2.24) is 10.3 Å². The van der Waals surface area contributed by atoms with E-state index in [9.17, 15) is 5.11 Å². The molecule has 2 aliphatic rings. The Balaban J connectivity index is 1.47. The van der Waals surface area contributed by atoms with Gasteiger partial charge in [-0.1, -0.05) is 6.42 Å². The molecule has 0 amide bonds. The number of ether oxygens (including phenoxy) is 1. The van der Waals surface area contributed by atoms with Crippen molar-refractivity contribution in [3.05, 3.63) is 16.1 Å². The molecule has 1 saturated carbocycles. The van der Waals surface area contributed by atoms with Crippen LogP contribution in [-0.4, -0.2) is 36.5 Å². The van der Waals surface area contributed by atoms with Gasteiger partial charge in [0.1, 0.15) is 0 Å². The monoisotopic (exact) mass is 296 g/mol. The molecule has 2 fully saturated rings. The minimum atomic E-state index is 0.135. The summed E-state index contributed by atoms with van der Waals surface area (Å²) in [5.41, 5.74) is 0.135. The largest absolute Gasteiger partial charge is 0.396 e. The van der Waals surface area contributed by atoms with Crippen molar-refractivity contribution in [2.45, 2.75) is 44.6 Å². The van der Waals surface area contributed by atoms with Crippen molar-refractivity contribution in [3.63, 3.8) is 0 Å². The Morgan fingerprint density at radius 3 is 3.05 bits per heavy atom. The Bertz CT molecular complexity index is 425. The zero-order valence-corrected chi connectivity index (χ0v) is 12.8. The van der Waals surface area contributed by atoms with Crippen LogP contribution in [0.5, 0.6) is 0 Å². The average Bonchev–Trinajstić information content (AvgIpc) is 2.99. The molecule has 1 aliphatic heterocycles. The Morgan fingerprint density at radius 2 is 2.40 bits per heavy atom. The van der Waals surface area contributed by atoms with Crippen molar-refractivity contribution in [1.29, 1.82) is 0 Å². The van der Waals surface area contributed by atoms with E-state index in [-0.39, 0.29) is 12.0 Å². The van der Waals surface area contributed by atoms with E-state index in [2.05, 4.69) is 10.3 Å². The third kappa shape index (κ3) is 3.22. The molecule has 1 saturated heterocycles. The highest BCUT2D eigenvalue weighted by Gasteiger charge is 2.33. The number of hydrogen-bond acceptors (Lipinski definition) is 5. The molecule has 2 N–H and O–H groups in total. The number of nitrogens with one attached hydrogen (secondary N) is 1. The Kier molecular flexibility index (Phi) is 4.71. The zero-order valence-electron chi connectivity index (χ0n) is 11.9. The van der Waals surface area contributed by atoms with E-state index in [1.807, 2.05) is 17.5 Å². The molecule has 5 heteroatoms. The van der Waals surface area contributed by atoms with E-state index in [0.29, 0.717) is 0 Å². The first-order valence-electron chi connectivity index (χ1n) is 7.65. The maximum absolute atomic E-state index is 9.21. The second-order valence-corrected chi connectivity index (χ2v) is 7.32. The van der Waals surface area contributed by atoms with E-state index in [1.54, 1.807) is 0 Å². The molecule has 1 aromatic heterocycles. The Morgan fingerprint density at radius 1 is 1.50 bits per heavy atom. The van der Waals surface area contributed by atoms with Gasteiger partial charge in [-0.2, -0.15) is 0 Å². The van der Waals surface area contributed by atoms with Crippen molar-refractivity contribution >= 4 is 11.3 Å². The van der Waals surface area contributed by atoms with Gasteiger partial charge in [0.15, 0.2) is 0 Å². The molecular formula is C15H24N2O2S. The number of rotatable bonds is 7. The SMILES string of the molecule is OCCC1(CNCc2cnc(C3CCC3)s2)CCOC1. The van der Waals surface area contributed by atoms with Gasteiger partial charge in [-0.15, -0.1) is 11.3 Å². The highest BCUT2D eigenvalue weighted by molar-refractivity contribution is 7.11. The lowest BCUT2D eigenvalue weighted by atomic mass is 9.84. The van der Waals surface area contributed by atoms with Crippen LogP contribution in [0.4, 0.5) is 0 Å². The van der Waals surface area contributed by atoms with E-state index < -0.39 is 0 Å². The molecule has 0 spiro atoms. The minimum absolute atomic E-state index is 0.135. The number of thiazole rings is 1. The maximum Gasteiger partial charge on any atom is 0.0959 e. The van der Waals surface area contributed by atoms with Gasteiger partial charge in [0.25, 0.3) is 0 Å². The van der Waals surface area contributed by atoms with Crippen LogP contribution in [0.15, 0.2) is 6.20 Å². The summed E-state index contributed by atoms with van der Waals surface area (Å²) in [5, 5.41) is 14.1. The summed E-state index contributed by atoms with van der Waals surface area (Å²) in [5.74, 6) is 0.734.